The molecule has 3 nitrogen and oxygen atoms in total. The Morgan fingerprint density at radius 2 is 2.43 bits per heavy atom. The third kappa shape index (κ3) is 1.24. The lowest BCUT2D eigenvalue weighted by molar-refractivity contribution is -0.133. The van der Waals surface area contributed by atoms with Crippen molar-refractivity contribution < 1.29 is 15.0 Å². The molecule has 0 saturated heterocycles. The molecule has 0 aromatic rings. The SMILES string of the molecule is C=C(CC12CCC(C=C1O)C2)C(=O)O. The summed E-state index contributed by atoms with van der Waals surface area (Å²) in [5.41, 5.74) is -0.0901. The van der Waals surface area contributed by atoms with E-state index in [0.717, 1.165) is 19.3 Å². The number of hydrogen-bond acceptors (Lipinski definition) is 2. The zero-order chi connectivity index (χ0) is 10.3. The number of carbonyl (C=O) groups is 1. The molecule has 2 bridgehead atoms. The van der Waals surface area contributed by atoms with Crippen molar-refractivity contribution in [3.05, 3.63) is 24.0 Å². The Morgan fingerprint density at radius 3 is 2.86 bits per heavy atom. The molecule has 1 fully saturated rings. The van der Waals surface area contributed by atoms with E-state index in [1.54, 1.807) is 0 Å². The van der Waals surface area contributed by atoms with E-state index in [-0.39, 0.29) is 11.0 Å². The van der Waals surface area contributed by atoms with Gasteiger partial charge in [-0.1, -0.05) is 6.58 Å². The number of aliphatic carboxylic acids is 1. The maximum Gasteiger partial charge on any atom is 0.330 e. The molecule has 0 heterocycles. The summed E-state index contributed by atoms with van der Waals surface area (Å²) < 4.78 is 0. The second-order valence-corrected chi connectivity index (χ2v) is 4.42. The van der Waals surface area contributed by atoms with Crippen LogP contribution in [0.1, 0.15) is 25.7 Å². The van der Waals surface area contributed by atoms with Crippen LogP contribution >= 0.6 is 0 Å². The molecule has 76 valence electrons. The lowest BCUT2D eigenvalue weighted by atomic mass is 9.80. The van der Waals surface area contributed by atoms with Gasteiger partial charge >= 0.3 is 5.97 Å². The third-order valence-electron chi connectivity index (χ3n) is 3.44. The summed E-state index contributed by atoms with van der Waals surface area (Å²) in [6.07, 6.45) is 5.12. The first-order valence-electron chi connectivity index (χ1n) is 4.86. The molecule has 2 atom stereocenters. The summed E-state index contributed by atoms with van der Waals surface area (Å²) in [5.74, 6) is -0.115. The first kappa shape index (κ1) is 9.31. The molecule has 2 rings (SSSR count). The van der Waals surface area contributed by atoms with Crippen LogP contribution in [0, 0.1) is 11.3 Å². The van der Waals surface area contributed by atoms with E-state index in [1.807, 2.05) is 6.08 Å². The number of carboxylic acid groups (broad SMARTS) is 1. The monoisotopic (exact) mass is 194 g/mol. The highest BCUT2D eigenvalue weighted by atomic mass is 16.4. The minimum Gasteiger partial charge on any atom is -0.512 e. The van der Waals surface area contributed by atoms with Gasteiger partial charge in [-0.05, 0) is 37.7 Å². The van der Waals surface area contributed by atoms with E-state index >= 15 is 0 Å². The molecule has 2 N–H and O–H groups in total. The lowest BCUT2D eigenvalue weighted by Gasteiger charge is -2.26. The van der Waals surface area contributed by atoms with Crippen molar-refractivity contribution in [1.29, 1.82) is 0 Å². The molecule has 1 saturated carbocycles. The highest BCUT2D eigenvalue weighted by Gasteiger charge is 2.47. The number of allylic oxidation sites excluding steroid dienone is 2. The van der Waals surface area contributed by atoms with Gasteiger partial charge in [0, 0.05) is 11.0 Å². The van der Waals surface area contributed by atoms with Crippen molar-refractivity contribution in [2.75, 3.05) is 0 Å². The van der Waals surface area contributed by atoms with Gasteiger partial charge in [-0.3, -0.25) is 0 Å². The molecule has 0 amide bonds. The van der Waals surface area contributed by atoms with Gasteiger partial charge in [-0.15, -0.1) is 0 Å². The Morgan fingerprint density at radius 1 is 1.71 bits per heavy atom. The van der Waals surface area contributed by atoms with Crippen LogP contribution < -0.4 is 0 Å². The Balaban J connectivity index is 2.15. The Hall–Kier alpha value is -1.25. The summed E-state index contributed by atoms with van der Waals surface area (Å²) in [6.45, 7) is 3.53. The molecule has 0 aromatic heterocycles. The molecule has 0 aliphatic heterocycles. The second kappa shape index (κ2) is 2.87. The molecule has 2 unspecified atom stereocenters. The fraction of sp³-hybridized carbons (Fsp3) is 0.545. The van der Waals surface area contributed by atoms with Crippen molar-refractivity contribution >= 4 is 5.97 Å². The fourth-order valence-electron chi connectivity index (χ4n) is 2.68. The summed E-state index contributed by atoms with van der Waals surface area (Å²) in [6, 6.07) is 0. The molecule has 0 radical (unpaired) electrons. The van der Waals surface area contributed by atoms with Gasteiger partial charge in [0.05, 0.1) is 5.76 Å². The number of hydrogen-bond donors (Lipinski definition) is 2. The molecule has 14 heavy (non-hydrogen) atoms. The lowest BCUT2D eigenvalue weighted by Crippen LogP contribution is -2.20. The van der Waals surface area contributed by atoms with Crippen molar-refractivity contribution in [2.24, 2.45) is 11.3 Å². The number of carboxylic acids is 1. The van der Waals surface area contributed by atoms with E-state index < -0.39 is 5.97 Å². The second-order valence-electron chi connectivity index (χ2n) is 4.42. The number of fused-ring (bicyclic) bond motifs is 2. The largest absolute Gasteiger partial charge is 0.512 e. The Labute approximate surface area is 82.7 Å². The zero-order valence-electron chi connectivity index (χ0n) is 7.99. The van der Waals surface area contributed by atoms with Crippen LogP contribution in [0.5, 0.6) is 0 Å². The summed E-state index contributed by atoms with van der Waals surface area (Å²) in [4.78, 5) is 10.7. The molecule has 2 aliphatic carbocycles. The van der Waals surface area contributed by atoms with Crippen molar-refractivity contribution in [3.63, 3.8) is 0 Å². The van der Waals surface area contributed by atoms with Crippen LogP contribution in [0.3, 0.4) is 0 Å². The van der Waals surface area contributed by atoms with Crippen LogP contribution in [0.2, 0.25) is 0 Å². The molecule has 0 spiro atoms. The predicted molar refractivity (Wildman–Crippen MR) is 51.9 cm³/mol. The molecular formula is C11H14O3. The van der Waals surface area contributed by atoms with Gasteiger partial charge in [0.2, 0.25) is 0 Å². The van der Waals surface area contributed by atoms with E-state index in [1.165, 1.54) is 0 Å². The summed E-state index contributed by atoms with van der Waals surface area (Å²) in [7, 11) is 0. The van der Waals surface area contributed by atoms with Crippen molar-refractivity contribution in [1.82, 2.24) is 0 Å². The van der Waals surface area contributed by atoms with E-state index in [2.05, 4.69) is 6.58 Å². The smallest absolute Gasteiger partial charge is 0.330 e. The first-order chi connectivity index (χ1) is 6.53. The standard InChI is InChI=1S/C11H14O3/c1-7(10(13)14)5-11-3-2-8(6-11)4-9(11)12/h4,8,12H,1-3,5-6H2,(H,13,14). The third-order valence-corrected chi connectivity index (χ3v) is 3.44. The quantitative estimate of drug-likeness (QED) is 0.677. The predicted octanol–water partition coefficient (Wildman–Crippen LogP) is 2.26. The fourth-order valence-corrected chi connectivity index (χ4v) is 2.68. The van der Waals surface area contributed by atoms with Crippen LogP contribution in [0.4, 0.5) is 0 Å². The summed E-state index contributed by atoms with van der Waals surface area (Å²) in [5, 5.41) is 18.5. The Bertz CT molecular complexity index is 329. The zero-order valence-corrected chi connectivity index (χ0v) is 7.99. The van der Waals surface area contributed by atoms with Gasteiger partial charge in [0.25, 0.3) is 0 Å². The molecule has 3 heteroatoms. The number of rotatable bonds is 3. The average molecular weight is 194 g/mol. The van der Waals surface area contributed by atoms with Crippen LogP contribution in [0.25, 0.3) is 0 Å². The molecular weight excluding hydrogens is 180 g/mol. The van der Waals surface area contributed by atoms with Crippen LogP contribution in [-0.4, -0.2) is 16.2 Å². The van der Waals surface area contributed by atoms with Crippen LogP contribution in [-0.2, 0) is 4.79 Å². The van der Waals surface area contributed by atoms with Crippen molar-refractivity contribution in [3.8, 4) is 0 Å². The maximum absolute atomic E-state index is 10.7. The number of aliphatic hydroxyl groups is 1. The topological polar surface area (TPSA) is 57.5 Å². The van der Waals surface area contributed by atoms with Crippen LogP contribution in [0.15, 0.2) is 24.0 Å². The van der Waals surface area contributed by atoms with E-state index in [9.17, 15) is 9.90 Å². The first-order valence-corrected chi connectivity index (χ1v) is 4.86. The van der Waals surface area contributed by atoms with Gasteiger partial charge < -0.3 is 10.2 Å². The minimum absolute atomic E-state index is 0.201. The molecule has 2 aliphatic rings. The average Bonchev–Trinajstić information content (AvgIpc) is 2.60. The number of aliphatic hydroxyl groups excluding tert-OH is 1. The molecule has 0 aromatic carbocycles. The van der Waals surface area contributed by atoms with Crippen molar-refractivity contribution in [2.45, 2.75) is 25.7 Å². The highest BCUT2D eigenvalue weighted by molar-refractivity contribution is 5.86. The van der Waals surface area contributed by atoms with E-state index in [4.69, 9.17) is 5.11 Å². The minimum atomic E-state index is -0.956. The normalized spacial score (nSPS) is 34.3. The maximum atomic E-state index is 10.7. The highest BCUT2D eigenvalue weighted by Crippen LogP contribution is 2.55. The van der Waals surface area contributed by atoms with Gasteiger partial charge in [0.1, 0.15) is 0 Å². The van der Waals surface area contributed by atoms with Gasteiger partial charge in [0.15, 0.2) is 0 Å². The van der Waals surface area contributed by atoms with Gasteiger partial charge in [-0.25, -0.2) is 4.79 Å². The van der Waals surface area contributed by atoms with E-state index in [0.29, 0.717) is 18.1 Å². The van der Waals surface area contributed by atoms with Gasteiger partial charge in [-0.2, -0.15) is 0 Å². The summed E-state index contributed by atoms with van der Waals surface area (Å²) >= 11 is 0. The Kier molecular flexibility index (Phi) is 1.91.